The molecule has 0 saturated heterocycles. The molecule has 0 bridgehead atoms. The smallest absolute Gasteiger partial charge is 0.258 e. The Labute approximate surface area is 114 Å². The van der Waals surface area contributed by atoms with E-state index in [1.807, 2.05) is 30.3 Å². The zero-order valence-electron chi connectivity index (χ0n) is 9.67. The average Bonchev–Trinajstić information content (AvgIpc) is 2.40. The first-order valence-corrected chi connectivity index (χ1v) is 5.59. The Hall–Kier alpha value is -2.41. The monoisotopic (exact) mass is 278 g/mol. The lowest BCUT2D eigenvalue weighted by molar-refractivity contribution is -0.422. The number of hydrogen-bond donors (Lipinski definition) is 1. The van der Waals surface area contributed by atoms with Crippen molar-refractivity contribution in [1.29, 1.82) is 0 Å². The number of para-hydroxylation sites is 2. The first-order chi connectivity index (χ1) is 9.02. The molecule has 0 aliphatic carbocycles. The summed E-state index contributed by atoms with van der Waals surface area (Å²) in [6, 6.07) is 14.7. The van der Waals surface area contributed by atoms with E-state index in [0.717, 1.165) is 17.0 Å². The number of nitro groups is 2. The number of rotatable bonds is 2. The van der Waals surface area contributed by atoms with E-state index < -0.39 is 21.2 Å². The van der Waals surface area contributed by atoms with Crippen molar-refractivity contribution in [3.05, 3.63) is 74.8 Å². The highest BCUT2D eigenvalue weighted by molar-refractivity contribution is 7.80. The van der Waals surface area contributed by atoms with Crippen LogP contribution in [0.25, 0.3) is 0 Å². The fraction of sp³-hybridized carbons (Fsp3) is 0. The van der Waals surface area contributed by atoms with Gasteiger partial charge >= 0.3 is 11.4 Å². The van der Waals surface area contributed by atoms with Crippen LogP contribution in [0.4, 0.5) is 11.4 Å². The SMILES string of the molecule is O=[N+]([O-])c1ccccc1[N+](=O)[O-].Sc1ccccc1. The molecule has 98 valence electrons. The van der Waals surface area contributed by atoms with Crippen LogP contribution in [0.1, 0.15) is 0 Å². The fourth-order valence-corrected chi connectivity index (χ4v) is 1.37. The number of hydrogen-bond acceptors (Lipinski definition) is 5. The first kappa shape index (κ1) is 14.7. The molecule has 0 radical (unpaired) electrons. The molecule has 2 aromatic rings. The predicted molar refractivity (Wildman–Crippen MR) is 73.4 cm³/mol. The van der Waals surface area contributed by atoms with Crippen molar-refractivity contribution in [2.45, 2.75) is 4.90 Å². The van der Waals surface area contributed by atoms with Gasteiger partial charge in [0.05, 0.1) is 9.85 Å². The molecule has 0 saturated carbocycles. The first-order valence-electron chi connectivity index (χ1n) is 5.14. The Morgan fingerprint density at radius 1 is 0.737 bits per heavy atom. The lowest BCUT2D eigenvalue weighted by Crippen LogP contribution is -1.95. The molecule has 0 unspecified atom stereocenters. The van der Waals surface area contributed by atoms with Crippen LogP contribution in [-0.4, -0.2) is 9.85 Å². The molecule has 6 nitrogen and oxygen atoms in total. The van der Waals surface area contributed by atoms with E-state index >= 15 is 0 Å². The minimum absolute atomic E-state index is 0.484. The van der Waals surface area contributed by atoms with E-state index in [1.54, 1.807) is 0 Å². The Balaban J connectivity index is 0.000000218. The summed E-state index contributed by atoms with van der Waals surface area (Å²) in [7, 11) is 0. The molecule has 2 rings (SSSR count). The lowest BCUT2D eigenvalue weighted by atomic mass is 10.3. The zero-order valence-corrected chi connectivity index (χ0v) is 10.6. The molecule has 0 amide bonds. The van der Waals surface area contributed by atoms with Gasteiger partial charge in [0.15, 0.2) is 0 Å². The van der Waals surface area contributed by atoms with Crippen molar-refractivity contribution < 1.29 is 9.85 Å². The molecular formula is C12H10N2O4S. The third-order valence-corrected chi connectivity index (χ3v) is 2.33. The molecule has 7 heteroatoms. The van der Waals surface area contributed by atoms with Gasteiger partial charge in [-0.15, -0.1) is 12.6 Å². The quantitative estimate of drug-likeness (QED) is 0.517. The summed E-state index contributed by atoms with van der Waals surface area (Å²) in [5.74, 6) is 0. The molecule has 0 aliphatic rings. The largest absolute Gasteiger partial charge is 0.346 e. The maximum absolute atomic E-state index is 10.2. The van der Waals surface area contributed by atoms with Crippen LogP contribution in [0, 0.1) is 20.2 Å². The molecule has 0 N–H and O–H groups in total. The van der Waals surface area contributed by atoms with E-state index in [4.69, 9.17) is 0 Å². The highest BCUT2D eigenvalue weighted by atomic mass is 32.1. The Kier molecular flexibility index (Phi) is 5.49. The van der Waals surface area contributed by atoms with Crippen LogP contribution in [0.5, 0.6) is 0 Å². The molecule has 0 fully saturated rings. The summed E-state index contributed by atoms with van der Waals surface area (Å²) in [4.78, 5) is 19.9. The van der Waals surface area contributed by atoms with Gasteiger partial charge in [-0.25, -0.2) is 0 Å². The second-order valence-electron chi connectivity index (χ2n) is 3.34. The van der Waals surface area contributed by atoms with Gasteiger partial charge in [0.1, 0.15) is 0 Å². The van der Waals surface area contributed by atoms with E-state index in [-0.39, 0.29) is 0 Å². The van der Waals surface area contributed by atoms with Crippen LogP contribution in [-0.2, 0) is 0 Å². The van der Waals surface area contributed by atoms with Crippen LogP contribution >= 0.6 is 12.6 Å². The molecule has 0 heterocycles. The predicted octanol–water partition coefficient (Wildman–Crippen LogP) is 3.48. The number of nitro benzene ring substituents is 2. The Morgan fingerprint density at radius 2 is 1.11 bits per heavy atom. The fourth-order valence-electron chi connectivity index (χ4n) is 1.20. The van der Waals surface area contributed by atoms with Gasteiger partial charge in [-0.1, -0.05) is 30.3 Å². The van der Waals surface area contributed by atoms with Crippen molar-refractivity contribution in [3.8, 4) is 0 Å². The van der Waals surface area contributed by atoms with Crippen molar-refractivity contribution in [2.75, 3.05) is 0 Å². The normalized spacial score (nSPS) is 9.11. The van der Waals surface area contributed by atoms with Gasteiger partial charge in [-0.05, 0) is 12.1 Å². The van der Waals surface area contributed by atoms with Gasteiger partial charge in [0.2, 0.25) is 0 Å². The third kappa shape index (κ3) is 4.76. The van der Waals surface area contributed by atoms with Crippen LogP contribution in [0.3, 0.4) is 0 Å². The Bertz CT molecular complexity index is 542. The molecule has 0 spiro atoms. The molecule has 0 aromatic heterocycles. The number of nitrogens with zero attached hydrogens (tertiary/aromatic N) is 2. The summed E-state index contributed by atoms with van der Waals surface area (Å²) < 4.78 is 0. The van der Waals surface area contributed by atoms with E-state index in [0.29, 0.717) is 0 Å². The number of benzene rings is 2. The van der Waals surface area contributed by atoms with Gasteiger partial charge in [-0.2, -0.15) is 0 Å². The van der Waals surface area contributed by atoms with Crippen LogP contribution in [0.15, 0.2) is 59.5 Å². The van der Waals surface area contributed by atoms with Gasteiger partial charge in [0.25, 0.3) is 0 Å². The standard InChI is InChI=1S/C6H4N2O4.C6H6S/c9-7(10)5-3-1-2-4-6(5)8(11)12;7-6-4-2-1-3-5-6/h1-4H;1-5,7H. The van der Waals surface area contributed by atoms with Crippen LogP contribution in [0.2, 0.25) is 0 Å². The lowest BCUT2D eigenvalue weighted by Gasteiger charge is -1.91. The summed E-state index contributed by atoms with van der Waals surface area (Å²) in [5, 5.41) is 20.5. The zero-order chi connectivity index (χ0) is 14.3. The minimum Gasteiger partial charge on any atom is -0.258 e. The van der Waals surface area contributed by atoms with E-state index in [2.05, 4.69) is 12.6 Å². The van der Waals surface area contributed by atoms with Gasteiger partial charge in [-0.3, -0.25) is 20.2 Å². The Morgan fingerprint density at radius 3 is 1.37 bits per heavy atom. The van der Waals surface area contributed by atoms with Gasteiger partial charge in [0, 0.05) is 17.0 Å². The average molecular weight is 278 g/mol. The van der Waals surface area contributed by atoms with Crippen LogP contribution < -0.4 is 0 Å². The molecule has 0 aliphatic heterocycles. The van der Waals surface area contributed by atoms with Crippen molar-refractivity contribution in [3.63, 3.8) is 0 Å². The maximum Gasteiger partial charge on any atom is 0.346 e. The summed E-state index contributed by atoms with van der Waals surface area (Å²) >= 11 is 4.08. The maximum atomic E-state index is 10.2. The van der Waals surface area contributed by atoms with E-state index in [9.17, 15) is 20.2 Å². The summed E-state index contributed by atoms with van der Waals surface area (Å²) in [6.45, 7) is 0. The summed E-state index contributed by atoms with van der Waals surface area (Å²) in [5.41, 5.74) is -0.968. The van der Waals surface area contributed by atoms with Gasteiger partial charge < -0.3 is 0 Å². The highest BCUT2D eigenvalue weighted by Gasteiger charge is 2.21. The minimum atomic E-state index is -0.780. The molecule has 19 heavy (non-hydrogen) atoms. The van der Waals surface area contributed by atoms with Crippen molar-refractivity contribution >= 4 is 24.0 Å². The van der Waals surface area contributed by atoms with E-state index in [1.165, 1.54) is 12.1 Å². The molecule has 0 atom stereocenters. The van der Waals surface area contributed by atoms with Crippen molar-refractivity contribution in [2.24, 2.45) is 0 Å². The molecular weight excluding hydrogens is 268 g/mol. The second kappa shape index (κ2) is 7.12. The highest BCUT2D eigenvalue weighted by Crippen LogP contribution is 2.24. The number of thiol groups is 1. The summed E-state index contributed by atoms with van der Waals surface area (Å²) in [6.07, 6.45) is 0. The topological polar surface area (TPSA) is 86.3 Å². The second-order valence-corrected chi connectivity index (χ2v) is 3.85. The van der Waals surface area contributed by atoms with Crippen molar-refractivity contribution in [1.82, 2.24) is 0 Å². The molecule has 2 aromatic carbocycles. The third-order valence-electron chi connectivity index (χ3n) is 2.03.